The molecule has 1 rings (SSSR count). The van der Waals surface area contributed by atoms with Gasteiger partial charge in [-0.25, -0.2) is 4.57 Å². The molecule has 14 heteroatoms. The smallest absolute Gasteiger partial charge is 0.462 e. The lowest BCUT2D eigenvalue weighted by molar-refractivity contribution is -0.161. The van der Waals surface area contributed by atoms with E-state index < -0.39 is 76.7 Å². The lowest BCUT2D eigenvalue weighted by atomic mass is 9.88. The van der Waals surface area contributed by atoms with Crippen LogP contribution in [0, 0.1) is 11.8 Å². The Labute approximate surface area is 360 Å². The number of hydrogen-bond acceptors (Lipinski definition) is 12. The van der Waals surface area contributed by atoms with Crippen molar-refractivity contribution in [2.24, 2.45) is 11.8 Å². The first-order valence-electron chi connectivity index (χ1n) is 22.9. The highest BCUT2D eigenvalue weighted by molar-refractivity contribution is 7.47. The van der Waals surface area contributed by atoms with Crippen molar-refractivity contribution >= 4 is 19.8 Å². The predicted octanol–water partition coefficient (Wildman–Crippen LogP) is 8.49. The fourth-order valence-electron chi connectivity index (χ4n) is 6.98. The molecule has 60 heavy (non-hydrogen) atoms. The minimum atomic E-state index is -4.68. The van der Waals surface area contributed by atoms with E-state index in [2.05, 4.69) is 54.8 Å². The zero-order valence-electron chi connectivity index (χ0n) is 36.7. The van der Waals surface area contributed by atoms with Gasteiger partial charge < -0.3 is 39.9 Å². The molecule has 0 amide bonds. The molecule has 1 saturated carbocycles. The van der Waals surface area contributed by atoms with Crippen LogP contribution in [0.15, 0.2) is 48.6 Å². The summed E-state index contributed by atoms with van der Waals surface area (Å²) in [5, 5.41) is 49.7. The van der Waals surface area contributed by atoms with Crippen molar-refractivity contribution < 1.29 is 63.1 Å². The van der Waals surface area contributed by atoms with Crippen molar-refractivity contribution in [2.75, 3.05) is 26.4 Å². The Morgan fingerprint density at radius 3 is 1.92 bits per heavy atom. The Bertz CT molecular complexity index is 1250. The third-order valence-corrected chi connectivity index (χ3v) is 11.5. The fourth-order valence-corrected chi connectivity index (χ4v) is 7.77. The van der Waals surface area contributed by atoms with Gasteiger partial charge in [-0.1, -0.05) is 127 Å². The highest BCUT2D eigenvalue weighted by Crippen LogP contribution is 2.43. The first-order valence-corrected chi connectivity index (χ1v) is 24.3. The Morgan fingerprint density at radius 1 is 0.700 bits per heavy atom. The normalized spacial score (nSPS) is 21.0. The number of esters is 2. The summed E-state index contributed by atoms with van der Waals surface area (Å²) in [7, 11) is -4.68. The summed E-state index contributed by atoms with van der Waals surface area (Å²) >= 11 is 0. The molecule has 0 saturated heterocycles. The lowest BCUT2D eigenvalue weighted by Crippen LogP contribution is -2.29. The van der Waals surface area contributed by atoms with Crippen LogP contribution in [-0.2, 0) is 32.7 Å². The first-order chi connectivity index (χ1) is 28.9. The molecule has 1 aliphatic carbocycles. The van der Waals surface area contributed by atoms with Gasteiger partial charge in [-0.15, -0.1) is 0 Å². The Morgan fingerprint density at radius 2 is 1.27 bits per heavy atom. The maximum absolute atomic E-state index is 12.7. The second-order valence-corrected chi connectivity index (χ2v) is 17.5. The SMILES string of the molecule is CCCCC/C=C\C/C=C\C/C=C\CCCCCCC(=O)O[C@H](COC(=O)CCCCCC[C@@H]1[C@@H](/C=C/[C@@H](O)CCCCC)[C@H](O)C[C@@H]1O)COP(=O)(O)OC[C@@H](O)CO. The topological polar surface area (TPSA) is 210 Å². The molecular weight excluding hydrogens is 791 g/mol. The molecule has 0 aliphatic heterocycles. The van der Waals surface area contributed by atoms with Crippen molar-refractivity contribution in [3.05, 3.63) is 48.6 Å². The highest BCUT2D eigenvalue weighted by atomic mass is 31.2. The van der Waals surface area contributed by atoms with Crippen LogP contribution in [-0.4, -0.2) is 99.3 Å². The van der Waals surface area contributed by atoms with Gasteiger partial charge in [-0.05, 0) is 70.1 Å². The van der Waals surface area contributed by atoms with Crippen LogP contribution in [0.3, 0.4) is 0 Å². The van der Waals surface area contributed by atoms with E-state index in [0.717, 1.165) is 83.5 Å². The van der Waals surface area contributed by atoms with E-state index in [1.165, 1.54) is 19.3 Å². The van der Waals surface area contributed by atoms with Gasteiger partial charge in [0.15, 0.2) is 6.10 Å². The van der Waals surface area contributed by atoms with Gasteiger partial charge in [0.1, 0.15) is 12.7 Å². The average molecular weight is 873 g/mol. The number of rotatable bonds is 38. The number of allylic oxidation sites excluding steroid dienone is 6. The average Bonchev–Trinajstić information content (AvgIpc) is 3.49. The van der Waals surface area contributed by atoms with Gasteiger partial charge in [0, 0.05) is 25.2 Å². The molecule has 8 atom stereocenters. The Balaban J connectivity index is 2.44. The number of carbonyl (C=O) groups excluding carboxylic acids is 2. The third kappa shape index (κ3) is 30.0. The van der Waals surface area contributed by atoms with E-state index in [4.69, 9.17) is 19.1 Å². The van der Waals surface area contributed by atoms with Gasteiger partial charge in [-0.3, -0.25) is 18.6 Å². The number of unbranched alkanes of at least 4 members (excludes halogenated alkanes) is 12. The molecule has 1 aliphatic rings. The first kappa shape index (κ1) is 55.8. The van der Waals surface area contributed by atoms with Crippen molar-refractivity contribution in [1.29, 1.82) is 0 Å². The molecule has 1 unspecified atom stereocenters. The minimum absolute atomic E-state index is 0.104. The minimum Gasteiger partial charge on any atom is -0.462 e. The zero-order valence-corrected chi connectivity index (χ0v) is 37.6. The van der Waals surface area contributed by atoms with Crippen molar-refractivity contribution in [3.63, 3.8) is 0 Å². The number of carbonyl (C=O) groups is 2. The van der Waals surface area contributed by atoms with Crippen LogP contribution in [0.25, 0.3) is 0 Å². The summed E-state index contributed by atoms with van der Waals surface area (Å²) < 4.78 is 32.7. The zero-order chi connectivity index (χ0) is 44.3. The molecule has 0 bridgehead atoms. The summed E-state index contributed by atoms with van der Waals surface area (Å²) in [6.45, 7) is 1.98. The highest BCUT2D eigenvalue weighted by Gasteiger charge is 2.39. The quantitative estimate of drug-likeness (QED) is 0.0149. The van der Waals surface area contributed by atoms with Crippen LogP contribution in [0.5, 0.6) is 0 Å². The van der Waals surface area contributed by atoms with Gasteiger partial charge in [0.2, 0.25) is 0 Å². The summed E-state index contributed by atoms with van der Waals surface area (Å²) in [6, 6.07) is 0. The van der Waals surface area contributed by atoms with E-state index in [1.54, 1.807) is 6.08 Å². The molecule has 0 aromatic heterocycles. The monoisotopic (exact) mass is 873 g/mol. The summed E-state index contributed by atoms with van der Waals surface area (Å²) in [5.74, 6) is -1.41. The number of phosphoric ester groups is 1. The second kappa shape index (κ2) is 36.3. The van der Waals surface area contributed by atoms with Gasteiger partial charge >= 0.3 is 19.8 Å². The van der Waals surface area contributed by atoms with E-state index in [-0.39, 0.29) is 24.7 Å². The van der Waals surface area contributed by atoms with Crippen LogP contribution >= 0.6 is 7.82 Å². The molecular formula is C46H81O13P. The number of ether oxygens (including phenoxy) is 2. The number of aliphatic hydroxyl groups is 5. The van der Waals surface area contributed by atoms with Crippen LogP contribution in [0.2, 0.25) is 0 Å². The van der Waals surface area contributed by atoms with Crippen molar-refractivity contribution in [3.8, 4) is 0 Å². The molecule has 1 fully saturated rings. The van der Waals surface area contributed by atoms with Gasteiger partial charge in [-0.2, -0.15) is 0 Å². The number of hydrogen-bond donors (Lipinski definition) is 6. The maximum atomic E-state index is 12.7. The van der Waals surface area contributed by atoms with E-state index >= 15 is 0 Å². The molecule has 0 spiro atoms. The number of phosphoric acid groups is 1. The largest absolute Gasteiger partial charge is 0.472 e. The molecule has 13 nitrogen and oxygen atoms in total. The summed E-state index contributed by atoms with van der Waals surface area (Å²) in [6.07, 6.45) is 31.4. The Hall–Kier alpha value is -2.19. The predicted molar refractivity (Wildman–Crippen MR) is 235 cm³/mol. The van der Waals surface area contributed by atoms with Crippen LogP contribution < -0.4 is 0 Å². The van der Waals surface area contributed by atoms with Gasteiger partial charge in [0.05, 0.1) is 38.1 Å². The Kier molecular flexibility index (Phi) is 33.8. The fraction of sp³-hybridized carbons (Fsp3) is 0.783. The molecule has 348 valence electrons. The van der Waals surface area contributed by atoms with Crippen LogP contribution in [0.4, 0.5) is 0 Å². The second-order valence-electron chi connectivity index (χ2n) is 16.0. The standard InChI is InChI=1S/C46H81O13P/c1-3-5-7-8-9-10-11-12-13-14-15-16-17-18-19-20-26-30-46(53)59-40(37-58-60(54,55)57-35-39(49)34-47)36-56-45(52)29-25-22-21-24-28-41-42(44(51)33-43(41)50)32-31-38(48)27-23-6-4-2/h9-10,12-13,15-16,31-32,38-44,47-51H,3-8,11,14,17-30,33-37H2,1-2H3,(H,54,55)/b10-9-,13-12-,16-15-,32-31+/t38-,39-,40+,41+,42+,43-,44+/m0/s1. The van der Waals surface area contributed by atoms with Gasteiger partial charge in [0.25, 0.3) is 0 Å². The maximum Gasteiger partial charge on any atom is 0.472 e. The van der Waals surface area contributed by atoms with Crippen LogP contribution in [0.1, 0.15) is 162 Å². The molecule has 6 N–H and O–H groups in total. The summed E-state index contributed by atoms with van der Waals surface area (Å²) in [5.41, 5.74) is 0. The van der Waals surface area contributed by atoms with E-state index in [0.29, 0.717) is 32.1 Å². The third-order valence-electron chi connectivity index (χ3n) is 10.6. The summed E-state index contributed by atoms with van der Waals surface area (Å²) in [4.78, 5) is 35.2. The van der Waals surface area contributed by atoms with E-state index in [9.17, 15) is 39.5 Å². The van der Waals surface area contributed by atoms with E-state index in [1.807, 2.05) is 6.08 Å². The lowest BCUT2D eigenvalue weighted by Gasteiger charge is -2.21. The van der Waals surface area contributed by atoms with Crippen molar-refractivity contribution in [1.82, 2.24) is 0 Å². The van der Waals surface area contributed by atoms with Crippen molar-refractivity contribution in [2.45, 2.75) is 192 Å². The molecule has 0 aromatic carbocycles. The molecule has 0 aromatic rings. The molecule has 0 heterocycles. The number of aliphatic hydroxyl groups excluding tert-OH is 5. The molecule has 0 radical (unpaired) electrons.